The van der Waals surface area contributed by atoms with E-state index in [-0.39, 0.29) is 5.91 Å². The number of thioether (sulfide) groups is 1. The van der Waals surface area contributed by atoms with E-state index in [2.05, 4.69) is 22.9 Å². The van der Waals surface area contributed by atoms with Crippen molar-refractivity contribution in [2.24, 2.45) is 0 Å². The molecule has 2 saturated carbocycles. The molecule has 2 aliphatic carbocycles. The molecule has 3 rings (SSSR count). The molecule has 1 N–H and O–H groups in total. The summed E-state index contributed by atoms with van der Waals surface area (Å²) in [5.41, 5.74) is 1.62. The molecule has 0 unspecified atom stereocenters. The van der Waals surface area contributed by atoms with E-state index in [0.29, 0.717) is 11.8 Å². The van der Waals surface area contributed by atoms with Gasteiger partial charge in [0.15, 0.2) is 5.16 Å². The van der Waals surface area contributed by atoms with E-state index in [9.17, 15) is 10.1 Å². The normalized spacial score (nSPS) is 20.4. The number of aromatic nitrogens is 2. The standard InChI is InChI=1S/C19H28N4OS/c1-14-15(2)23(16-8-4-5-9-16)18(21-14)25-12-17(24)22-19(13-20)10-6-3-7-11-19/h16H,3-12H2,1-2H3,(H,22,24). The number of hydrogen-bond donors (Lipinski definition) is 1. The highest BCUT2D eigenvalue weighted by atomic mass is 32.2. The highest BCUT2D eigenvalue weighted by Gasteiger charge is 2.33. The molecule has 1 aromatic rings. The summed E-state index contributed by atoms with van der Waals surface area (Å²) < 4.78 is 2.33. The van der Waals surface area contributed by atoms with Gasteiger partial charge in [-0.1, -0.05) is 43.9 Å². The number of nitrogens with zero attached hydrogens (tertiary/aromatic N) is 3. The lowest BCUT2D eigenvalue weighted by molar-refractivity contribution is -0.120. The van der Waals surface area contributed by atoms with Gasteiger partial charge in [0, 0.05) is 11.7 Å². The highest BCUT2D eigenvalue weighted by Crippen LogP contribution is 2.35. The second kappa shape index (κ2) is 7.82. The fourth-order valence-corrected chi connectivity index (χ4v) is 5.10. The minimum atomic E-state index is -0.650. The first-order valence-corrected chi connectivity index (χ1v) is 10.4. The zero-order valence-corrected chi connectivity index (χ0v) is 16.1. The second-order valence-corrected chi connectivity index (χ2v) is 8.41. The topological polar surface area (TPSA) is 70.7 Å². The molecular formula is C19H28N4OS. The van der Waals surface area contributed by atoms with Crippen molar-refractivity contribution in [3.05, 3.63) is 11.4 Å². The quantitative estimate of drug-likeness (QED) is 0.804. The molecule has 0 spiro atoms. The Labute approximate surface area is 154 Å². The molecule has 25 heavy (non-hydrogen) atoms. The first-order valence-electron chi connectivity index (χ1n) is 9.45. The van der Waals surface area contributed by atoms with Gasteiger partial charge in [-0.15, -0.1) is 0 Å². The summed E-state index contributed by atoms with van der Waals surface area (Å²) >= 11 is 1.51. The van der Waals surface area contributed by atoms with Gasteiger partial charge in [-0.2, -0.15) is 5.26 Å². The Morgan fingerprint density at radius 2 is 1.96 bits per heavy atom. The van der Waals surface area contributed by atoms with Gasteiger partial charge in [0.05, 0.1) is 17.5 Å². The fourth-order valence-electron chi connectivity index (χ4n) is 4.14. The minimum Gasteiger partial charge on any atom is -0.337 e. The van der Waals surface area contributed by atoms with Gasteiger partial charge in [0.25, 0.3) is 0 Å². The van der Waals surface area contributed by atoms with Crippen LogP contribution in [0, 0.1) is 25.2 Å². The van der Waals surface area contributed by atoms with Crippen LogP contribution in [0.5, 0.6) is 0 Å². The third-order valence-corrected chi connectivity index (χ3v) is 6.63. The zero-order chi connectivity index (χ0) is 17.9. The van der Waals surface area contributed by atoms with E-state index < -0.39 is 5.54 Å². The van der Waals surface area contributed by atoms with Crippen molar-refractivity contribution in [2.75, 3.05) is 5.75 Å². The lowest BCUT2D eigenvalue weighted by atomic mass is 9.83. The molecule has 0 aliphatic heterocycles. The monoisotopic (exact) mass is 360 g/mol. The smallest absolute Gasteiger partial charge is 0.231 e. The number of hydrogen-bond acceptors (Lipinski definition) is 4. The Morgan fingerprint density at radius 1 is 1.28 bits per heavy atom. The molecule has 2 aliphatic rings. The van der Waals surface area contributed by atoms with Crippen molar-refractivity contribution in [1.82, 2.24) is 14.9 Å². The SMILES string of the molecule is Cc1nc(SCC(=O)NC2(C#N)CCCCC2)n(C2CCCC2)c1C. The Kier molecular flexibility index (Phi) is 5.73. The largest absolute Gasteiger partial charge is 0.337 e. The van der Waals surface area contributed by atoms with E-state index >= 15 is 0 Å². The molecule has 2 fully saturated rings. The van der Waals surface area contributed by atoms with E-state index in [1.54, 1.807) is 0 Å². The van der Waals surface area contributed by atoms with Crippen LogP contribution in [-0.4, -0.2) is 26.8 Å². The van der Waals surface area contributed by atoms with Crippen molar-refractivity contribution >= 4 is 17.7 Å². The summed E-state index contributed by atoms with van der Waals surface area (Å²) in [6.45, 7) is 4.16. The number of aryl methyl sites for hydroxylation is 1. The summed E-state index contributed by atoms with van der Waals surface area (Å²) in [7, 11) is 0. The van der Waals surface area contributed by atoms with Crippen LogP contribution < -0.4 is 5.32 Å². The molecule has 0 aromatic carbocycles. The lowest BCUT2D eigenvalue weighted by Crippen LogP contribution is -2.49. The van der Waals surface area contributed by atoms with Gasteiger partial charge >= 0.3 is 0 Å². The highest BCUT2D eigenvalue weighted by molar-refractivity contribution is 7.99. The molecule has 1 amide bonds. The average Bonchev–Trinajstić information content (AvgIpc) is 3.22. The number of carbonyl (C=O) groups is 1. The van der Waals surface area contributed by atoms with Crippen molar-refractivity contribution in [3.8, 4) is 6.07 Å². The van der Waals surface area contributed by atoms with Gasteiger partial charge in [-0.3, -0.25) is 4.79 Å². The molecular weight excluding hydrogens is 332 g/mol. The van der Waals surface area contributed by atoms with Crippen molar-refractivity contribution in [2.45, 2.75) is 88.4 Å². The molecule has 5 nitrogen and oxygen atoms in total. The summed E-state index contributed by atoms with van der Waals surface area (Å²) in [5.74, 6) is 0.274. The summed E-state index contributed by atoms with van der Waals surface area (Å²) in [6, 6.07) is 2.88. The van der Waals surface area contributed by atoms with Crippen molar-refractivity contribution in [1.29, 1.82) is 5.26 Å². The lowest BCUT2D eigenvalue weighted by Gasteiger charge is -2.31. The van der Waals surface area contributed by atoms with E-state index in [1.807, 2.05) is 6.92 Å². The third-order valence-electron chi connectivity index (χ3n) is 5.68. The molecule has 1 aromatic heterocycles. The molecule has 0 radical (unpaired) electrons. The van der Waals surface area contributed by atoms with Crippen LogP contribution in [0.3, 0.4) is 0 Å². The molecule has 0 saturated heterocycles. The van der Waals surface area contributed by atoms with Crippen LogP contribution in [0.25, 0.3) is 0 Å². The summed E-state index contributed by atoms with van der Waals surface area (Å²) in [6.07, 6.45) is 9.70. The summed E-state index contributed by atoms with van der Waals surface area (Å²) in [4.78, 5) is 17.1. The van der Waals surface area contributed by atoms with Crippen LogP contribution in [0.2, 0.25) is 0 Å². The van der Waals surface area contributed by atoms with Gasteiger partial charge < -0.3 is 9.88 Å². The maximum Gasteiger partial charge on any atom is 0.231 e. The maximum atomic E-state index is 12.5. The number of amides is 1. The van der Waals surface area contributed by atoms with Gasteiger partial charge in [0.2, 0.25) is 5.91 Å². The molecule has 0 atom stereocenters. The second-order valence-electron chi connectivity index (χ2n) is 7.46. The molecule has 136 valence electrons. The number of nitrogens with one attached hydrogen (secondary N) is 1. The van der Waals surface area contributed by atoms with Crippen LogP contribution >= 0.6 is 11.8 Å². The van der Waals surface area contributed by atoms with Gasteiger partial charge in [0.1, 0.15) is 5.54 Å². The van der Waals surface area contributed by atoms with E-state index in [1.165, 1.54) is 43.1 Å². The first kappa shape index (κ1) is 18.3. The zero-order valence-electron chi connectivity index (χ0n) is 15.3. The number of imidazole rings is 1. The van der Waals surface area contributed by atoms with Crippen LogP contribution in [0.4, 0.5) is 0 Å². The third kappa shape index (κ3) is 4.03. The maximum absolute atomic E-state index is 12.5. The Hall–Kier alpha value is -1.48. The Balaban J connectivity index is 1.64. The molecule has 1 heterocycles. The number of rotatable bonds is 5. The van der Waals surface area contributed by atoms with Crippen molar-refractivity contribution < 1.29 is 4.79 Å². The molecule has 0 bridgehead atoms. The number of nitriles is 1. The average molecular weight is 361 g/mol. The van der Waals surface area contributed by atoms with Crippen LogP contribution in [-0.2, 0) is 4.79 Å². The predicted molar refractivity (Wildman–Crippen MR) is 99.5 cm³/mol. The van der Waals surface area contributed by atoms with Gasteiger partial charge in [-0.05, 0) is 39.5 Å². The predicted octanol–water partition coefficient (Wildman–Crippen LogP) is 4.05. The van der Waals surface area contributed by atoms with Crippen molar-refractivity contribution in [3.63, 3.8) is 0 Å². The molecule has 6 heteroatoms. The minimum absolute atomic E-state index is 0.0512. The van der Waals surface area contributed by atoms with E-state index in [4.69, 9.17) is 4.98 Å². The van der Waals surface area contributed by atoms with E-state index in [0.717, 1.165) is 43.0 Å². The summed E-state index contributed by atoms with van der Waals surface area (Å²) in [5, 5.41) is 13.5. The number of carbonyl (C=O) groups excluding carboxylic acids is 1. The van der Waals surface area contributed by atoms with Crippen LogP contribution in [0.15, 0.2) is 5.16 Å². The Morgan fingerprint density at radius 3 is 2.60 bits per heavy atom. The fraction of sp³-hybridized carbons (Fsp3) is 0.737. The first-order chi connectivity index (χ1) is 12.0. The van der Waals surface area contributed by atoms with Gasteiger partial charge in [-0.25, -0.2) is 4.98 Å². The Bertz CT molecular complexity index is 664. The van der Waals surface area contributed by atoms with Crippen LogP contribution in [0.1, 0.15) is 75.2 Å².